The van der Waals surface area contributed by atoms with Crippen LogP contribution in [0.3, 0.4) is 0 Å². The Balaban J connectivity index is 1.89. The largest absolute Gasteiger partial charge is 0.488 e. The van der Waals surface area contributed by atoms with Crippen LogP contribution >= 0.6 is 0 Å². The molecule has 0 aliphatic rings. The van der Waals surface area contributed by atoms with Crippen molar-refractivity contribution in [3.63, 3.8) is 0 Å². The Bertz CT molecular complexity index is 1160. The molecule has 0 radical (unpaired) electrons. The van der Waals surface area contributed by atoms with E-state index in [9.17, 15) is 18.3 Å². The van der Waals surface area contributed by atoms with Gasteiger partial charge in [0.2, 0.25) is 0 Å². The summed E-state index contributed by atoms with van der Waals surface area (Å²) in [6.45, 7) is 1.70. The van der Waals surface area contributed by atoms with E-state index in [4.69, 9.17) is 9.47 Å². The second kappa shape index (κ2) is 10.3. The van der Waals surface area contributed by atoms with Gasteiger partial charge in [0.1, 0.15) is 29.2 Å². The molecule has 2 aromatic carbocycles. The molecule has 168 valence electrons. The van der Waals surface area contributed by atoms with E-state index in [-0.39, 0.29) is 17.1 Å². The van der Waals surface area contributed by atoms with Gasteiger partial charge < -0.3 is 19.9 Å². The number of amides is 1. The summed E-state index contributed by atoms with van der Waals surface area (Å²) in [6, 6.07) is 15.8. The normalized spacial score (nSPS) is 12.1. The van der Waals surface area contributed by atoms with Crippen molar-refractivity contribution in [1.82, 2.24) is 4.98 Å². The number of hydrogen-bond donors (Lipinski definition) is 2. The lowest BCUT2D eigenvalue weighted by atomic mass is 10.1. The standard InChI is InChI=1S/C23H24N2O6S/c1-3-17(15-26)30-19-12-16(23(27)25-22-6-4-5-11-24-22)13-20(14-19)31-18-7-9-21(10-8-18)32(2,28)29/h4-14,17,26H,3,15H2,1-2H3,(H,24,25,27). The number of aliphatic hydroxyl groups excluding tert-OH is 1. The van der Waals surface area contributed by atoms with E-state index >= 15 is 0 Å². The van der Waals surface area contributed by atoms with Crippen molar-refractivity contribution in [1.29, 1.82) is 0 Å². The smallest absolute Gasteiger partial charge is 0.257 e. The maximum atomic E-state index is 12.8. The van der Waals surface area contributed by atoms with Crippen molar-refractivity contribution in [3.05, 3.63) is 72.4 Å². The maximum absolute atomic E-state index is 12.8. The maximum Gasteiger partial charge on any atom is 0.257 e. The molecule has 32 heavy (non-hydrogen) atoms. The molecule has 0 saturated heterocycles. The minimum absolute atomic E-state index is 0.172. The average Bonchev–Trinajstić information content (AvgIpc) is 2.77. The van der Waals surface area contributed by atoms with Gasteiger partial charge in [-0.3, -0.25) is 4.79 Å². The van der Waals surface area contributed by atoms with Crippen molar-refractivity contribution in [2.75, 3.05) is 18.2 Å². The van der Waals surface area contributed by atoms with Gasteiger partial charge >= 0.3 is 0 Å². The molecule has 1 aromatic heterocycles. The molecule has 8 nitrogen and oxygen atoms in total. The fraction of sp³-hybridized carbons (Fsp3) is 0.217. The third-order valence-corrected chi connectivity index (χ3v) is 5.63. The number of carbonyl (C=O) groups excluding carboxylic acids is 1. The summed E-state index contributed by atoms with van der Waals surface area (Å²) >= 11 is 0. The predicted molar refractivity (Wildman–Crippen MR) is 120 cm³/mol. The van der Waals surface area contributed by atoms with Crippen LogP contribution < -0.4 is 14.8 Å². The van der Waals surface area contributed by atoms with Gasteiger partial charge in [-0.25, -0.2) is 13.4 Å². The highest BCUT2D eigenvalue weighted by Crippen LogP contribution is 2.29. The van der Waals surface area contributed by atoms with Crippen LogP contribution in [0.25, 0.3) is 0 Å². The van der Waals surface area contributed by atoms with Crippen molar-refractivity contribution >= 4 is 21.6 Å². The number of benzene rings is 2. The summed E-state index contributed by atoms with van der Waals surface area (Å²) in [7, 11) is -3.32. The molecule has 1 unspecified atom stereocenters. The van der Waals surface area contributed by atoms with Crippen molar-refractivity contribution in [2.24, 2.45) is 0 Å². The van der Waals surface area contributed by atoms with Crippen LogP contribution in [0.2, 0.25) is 0 Å². The third kappa shape index (κ3) is 6.29. The molecule has 2 N–H and O–H groups in total. The zero-order valence-electron chi connectivity index (χ0n) is 17.7. The van der Waals surface area contributed by atoms with Gasteiger partial charge in [0.05, 0.1) is 11.5 Å². The highest BCUT2D eigenvalue weighted by molar-refractivity contribution is 7.90. The lowest BCUT2D eigenvalue weighted by Crippen LogP contribution is -2.20. The number of pyridine rings is 1. The van der Waals surface area contributed by atoms with Crippen LogP contribution in [-0.4, -0.2) is 43.4 Å². The molecule has 1 amide bonds. The molecular formula is C23H24N2O6S. The molecule has 0 fully saturated rings. The van der Waals surface area contributed by atoms with E-state index in [1.807, 2.05) is 6.92 Å². The Morgan fingerprint density at radius 1 is 1.06 bits per heavy atom. The molecule has 9 heteroatoms. The van der Waals surface area contributed by atoms with Gasteiger partial charge in [-0.1, -0.05) is 13.0 Å². The first-order valence-corrected chi connectivity index (χ1v) is 11.8. The highest BCUT2D eigenvalue weighted by atomic mass is 32.2. The van der Waals surface area contributed by atoms with Crippen molar-refractivity contribution in [2.45, 2.75) is 24.3 Å². The van der Waals surface area contributed by atoms with Gasteiger partial charge in [0.15, 0.2) is 9.84 Å². The first kappa shape index (κ1) is 23.2. The van der Waals surface area contributed by atoms with Crippen LogP contribution in [0.5, 0.6) is 17.2 Å². The molecule has 0 aliphatic heterocycles. The summed E-state index contributed by atoms with van der Waals surface area (Å²) < 4.78 is 34.9. The molecular weight excluding hydrogens is 432 g/mol. The number of aromatic nitrogens is 1. The lowest BCUT2D eigenvalue weighted by Gasteiger charge is -2.17. The highest BCUT2D eigenvalue weighted by Gasteiger charge is 2.15. The number of sulfone groups is 1. The number of nitrogens with one attached hydrogen (secondary N) is 1. The Hall–Kier alpha value is -3.43. The van der Waals surface area contributed by atoms with E-state index in [1.54, 1.807) is 36.5 Å². The number of rotatable bonds is 9. The quantitative estimate of drug-likeness (QED) is 0.505. The first-order chi connectivity index (χ1) is 15.3. The lowest BCUT2D eigenvalue weighted by molar-refractivity contribution is 0.102. The summed E-state index contributed by atoms with van der Waals surface area (Å²) in [4.78, 5) is 17.0. The second-order valence-corrected chi connectivity index (χ2v) is 9.05. The second-order valence-electron chi connectivity index (χ2n) is 7.04. The molecule has 1 atom stereocenters. The van der Waals surface area contributed by atoms with Gasteiger partial charge in [-0.2, -0.15) is 0 Å². The van der Waals surface area contributed by atoms with Crippen LogP contribution in [0.15, 0.2) is 71.8 Å². The Labute approximate surface area is 186 Å². The van der Waals surface area contributed by atoms with Crippen LogP contribution in [0, 0.1) is 0 Å². The summed E-state index contributed by atoms with van der Waals surface area (Å²) in [5, 5.41) is 12.2. The summed E-state index contributed by atoms with van der Waals surface area (Å²) in [6.07, 6.45) is 2.83. The molecule has 0 bridgehead atoms. The van der Waals surface area contributed by atoms with E-state index in [2.05, 4.69) is 10.3 Å². The number of anilines is 1. The Kier molecular flexibility index (Phi) is 7.45. The van der Waals surface area contributed by atoms with Crippen LogP contribution in [-0.2, 0) is 9.84 Å². The fourth-order valence-electron chi connectivity index (χ4n) is 2.79. The Morgan fingerprint density at radius 2 is 1.78 bits per heavy atom. The zero-order chi connectivity index (χ0) is 23.1. The predicted octanol–water partition coefficient (Wildman–Crippen LogP) is 3.68. The SMILES string of the molecule is CCC(CO)Oc1cc(Oc2ccc(S(C)(=O)=O)cc2)cc(C(=O)Nc2ccccn2)c1. The molecule has 1 heterocycles. The fourth-order valence-corrected chi connectivity index (χ4v) is 3.42. The summed E-state index contributed by atoms with van der Waals surface area (Å²) in [5.41, 5.74) is 0.267. The van der Waals surface area contributed by atoms with E-state index < -0.39 is 21.8 Å². The molecule has 3 aromatic rings. The topological polar surface area (TPSA) is 115 Å². The monoisotopic (exact) mass is 456 g/mol. The van der Waals surface area contributed by atoms with Crippen LogP contribution in [0.4, 0.5) is 5.82 Å². The van der Waals surface area contributed by atoms with Gasteiger partial charge in [0.25, 0.3) is 5.91 Å². The van der Waals surface area contributed by atoms with Gasteiger partial charge in [0, 0.05) is 24.1 Å². The molecule has 3 rings (SSSR count). The molecule has 0 saturated carbocycles. The van der Waals surface area contributed by atoms with Crippen molar-refractivity contribution < 1.29 is 27.8 Å². The van der Waals surface area contributed by atoms with Crippen LogP contribution in [0.1, 0.15) is 23.7 Å². The minimum atomic E-state index is -3.32. The molecule has 0 aliphatic carbocycles. The number of aliphatic hydroxyl groups is 1. The Morgan fingerprint density at radius 3 is 2.38 bits per heavy atom. The number of hydrogen-bond acceptors (Lipinski definition) is 7. The molecule has 0 spiro atoms. The van der Waals surface area contributed by atoms with Gasteiger partial charge in [-0.05, 0) is 55.0 Å². The average molecular weight is 457 g/mol. The first-order valence-electron chi connectivity index (χ1n) is 9.91. The van der Waals surface area contributed by atoms with Crippen molar-refractivity contribution in [3.8, 4) is 17.2 Å². The van der Waals surface area contributed by atoms with E-state index in [0.717, 1.165) is 6.26 Å². The van der Waals surface area contributed by atoms with Gasteiger partial charge in [-0.15, -0.1) is 0 Å². The minimum Gasteiger partial charge on any atom is -0.488 e. The van der Waals surface area contributed by atoms with E-state index in [0.29, 0.717) is 29.5 Å². The zero-order valence-corrected chi connectivity index (χ0v) is 18.5. The number of nitrogens with zero attached hydrogens (tertiary/aromatic N) is 1. The number of ether oxygens (including phenoxy) is 2. The van der Waals surface area contributed by atoms with E-state index in [1.165, 1.54) is 30.3 Å². The number of carbonyl (C=O) groups is 1. The summed E-state index contributed by atoms with van der Waals surface area (Å²) in [5.74, 6) is 1.03. The third-order valence-electron chi connectivity index (χ3n) is 4.50.